The highest BCUT2D eigenvalue weighted by molar-refractivity contribution is 7.89. The molecule has 0 saturated carbocycles. The fourth-order valence-electron chi connectivity index (χ4n) is 3.50. The third-order valence-corrected chi connectivity index (χ3v) is 7.14. The SMILES string of the molecule is COc1ccc(C(=O)OCc2cc(=O)n3ccccc3n2)cc1S(=O)(=O)N(C)Cc1ccccc1. The van der Waals surface area contributed by atoms with E-state index < -0.39 is 16.0 Å². The van der Waals surface area contributed by atoms with E-state index in [2.05, 4.69) is 4.98 Å². The van der Waals surface area contributed by atoms with Gasteiger partial charge in [-0.25, -0.2) is 18.2 Å². The van der Waals surface area contributed by atoms with Crippen LogP contribution >= 0.6 is 0 Å². The first-order valence-electron chi connectivity index (χ1n) is 10.6. The first-order chi connectivity index (χ1) is 16.8. The summed E-state index contributed by atoms with van der Waals surface area (Å²) in [4.78, 5) is 29.1. The smallest absolute Gasteiger partial charge is 0.338 e. The molecule has 0 unspecified atom stereocenters. The lowest BCUT2D eigenvalue weighted by molar-refractivity contribution is 0.0467. The molecular formula is C25H23N3O6S. The Morgan fingerprint density at radius 3 is 2.51 bits per heavy atom. The molecule has 0 aliphatic rings. The number of esters is 1. The fraction of sp³-hybridized carbons (Fsp3) is 0.160. The van der Waals surface area contributed by atoms with Gasteiger partial charge in [-0.05, 0) is 35.9 Å². The van der Waals surface area contributed by atoms with Crippen molar-refractivity contribution in [2.24, 2.45) is 0 Å². The van der Waals surface area contributed by atoms with E-state index >= 15 is 0 Å². The molecule has 35 heavy (non-hydrogen) atoms. The predicted molar refractivity (Wildman–Crippen MR) is 129 cm³/mol. The fourth-order valence-corrected chi connectivity index (χ4v) is 4.83. The van der Waals surface area contributed by atoms with Gasteiger partial charge in [0.25, 0.3) is 5.56 Å². The monoisotopic (exact) mass is 493 g/mol. The lowest BCUT2D eigenvalue weighted by atomic mass is 10.2. The van der Waals surface area contributed by atoms with E-state index in [0.29, 0.717) is 5.65 Å². The number of ether oxygens (including phenoxy) is 2. The second-order valence-electron chi connectivity index (χ2n) is 7.70. The summed E-state index contributed by atoms with van der Waals surface area (Å²) in [6.07, 6.45) is 1.59. The molecule has 2 heterocycles. The summed E-state index contributed by atoms with van der Waals surface area (Å²) in [6.45, 7) is -0.105. The number of carbonyl (C=O) groups is 1. The van der Waals surface area contributed by atoms with Crippen LogP contribution in [0.5, 0.6) is 5.75 Å². The Morgan fingerprint density at radius 2 is 1.77 bits per heavy atom. The highest BCUT2D eigenvalue weighted by Gasteiger charge is 2.26. The number of sulfonamides is 1. The van der Waals surface area contributed by atoms with Crippen molar-refractivity contribution >= 4 is 21.6 Å². The van der Waals surface area contributed by atoms with Gasteiger partial charge in [-0.1, -0.05) is 36.4 Å². The molecular weight excluding hydrogens is 470 g/mol. The van der Waals surface area contributed by atoms with Crippen LogP contribution in [0.3, 0.4) is 0 Å². The maximum absolute atomic E-state index is 13.3. The highest BCUT2D eigenvalue weighted by Crippen LogP contribution is 2.28. The molecule has 0 saturated heterocycles. The molecule has 0 spiro atoms. The van der Waals surface area contributed by atoms with Gasteiger partial charge in [0.1, 0.15) is 22.9 Å². The lowest BCUT2D eigenvalue weighted by Crippen LogP contribution is -2.27. The van der Waals surface area contributed by atoms with Crippen LogP contribution in [0.25, 0.3) is 5.65 Å². The first-order valence-corrected chi connectivity index (χ1v) is 12.1. The topological polar surface area (TPSA) is 107 Å². The average molecular weight is 494 g/mol. The van der Waals surface area contributed by atoms with Crippen LogP contribution in [0.4, 0.5) is 0 Å². The van der Waals surface area contributed by atoms with Crippen LogP contribution in [0.2, 0.25) is 0 Å². The van der Waals surface area contributed by atoms with E-state index in [1.165, 1.54) is 47.1 Å². The predicted octanol–water partition coefficient (Wildman–Crippen LogP) is 2.88. The largest absolute Gasteiger partial charge is 0.495 e. The summed E-state index contributed by atoms with van der Waals surface area (Å²) in [6, 6.07) is 19.6. The number of fused-ring (bicyclic) bond motifs is 1. The average Bonchev–Trinajstić information content (AvgIpc) is 2.87. The van der Waals surface area contributed by atoms with Crippen LogP contribution in [0, 0.1) is 0 Å². The van der Waals surface area contributed by atoms with E-state index in [0.717, 1.165) is 5.56 Å². The molecule has 0 aliphatic carbocycles. The summed E-state index contributed by atoms with van der Waals surface area (Å²) in [7, 11) is -1.18. The van der Waals surface area contributed by atoms with E-state index in [-0.39, 0.29) is 40.6 Å². The Labute approximate surface area is 202 Å². The molecule has 4 rings (SSSR count). The van der Waals surface area contributed by atoms with Crippen molar-refractivity contribution in [1.29, 1.82) is 0 Å². The van der Waals surface area contributed by atoms with Gasteiger partial charge < -0.3 is 9.47 Å². The zero-order valence-electron chi connectivity index (χ0n) is 19.1. The minimum absolute atomic E-state index is 0.0231. The summed E-state index contributed by atoms with van der Waals surface area (Å²) in [5, 5.41) is 0. The minimum atomic E-state index is -3.99. The molecule has 9 nitrogen and oxygen atoms in total. The summed E-state index contributed by atoms with van der Waals surface area (Å²) < 4.78 is 39.7. The first kappa shape index (κ1) is 24.1. The molecule has 2 aromatic carbocycles. The van der Waals surface area contributed by atoms with Crippen LogP contribution < -0.4 is 10.3 Å². The van der Waals surface area contributed by atoms with Crippen LogP contribution in [-0.4, -0.2) is 42.2 Å². The third kappa shape index (κ3) is 5.23. The summed E-state index contributed by atoms with van der Waals surface area (Å²) >= 11 is 0. The van der Waals surface area contributed by atoms with Crippen LogP contribution in [0.15, 0.2) is 88.7 Å². The van der Waals surface area contributed by atoms with Gasteiger partial charge in [0.2, 0.25) is 10.0 Å². The number of benzene rings is 2. The van der Waals surface area contributed by atoms with Crippen LogP contribution in [0.1, 0.15) is 21.6 Å². The Bertz CT molecular complexity index is 1530. The zero-order chi connectivity index (χ0) is 25.0. The van der Waals surface area contributed by atoms with Gasteiger partial charge in [0.05, 0.1) is 18.4 Å². The van der Waals surface area contributed by atoms with Crippen molar-refractivity contribution in [2.45, 2.75) is 18.0 Å². The van der Waals surface area contributed by atoms with E-state index in [1.807, 2.05) is 30.3 Å². The number of carbonyl (C=O) groups excluding carboxylic acids is 1. The van der Waals surface area contributed by atoms with Crippen LogP contribution in [-0.2, 0) is 27.9 Å². The number of rotatable bonds is 8. The number of methoxy groups -OCH3 is 1. The minimum Gasteiger partial charge on any atom is -0.495 e. The Morgan fingerprint density at radius 1 is 1.03 bits per heavy atom. The summed E-state index contributed by atoms with van der Waals surface area (Å²) in [5.74, 6) is -0.657. The number of hydrogen-bond acceptors (Lipinski definition) is 7. The van der Waals surface area contributed by atoms with Crippen molar-refractivity contribution < 1.29 is 22.7 Å². The normalized spacial score (nSPS) is 11.5. The molecule has 0 aliphatic heterocycles. The van der Waals surface area contributed by atoms with E-state index in [1.54, 1.807) is 24.4 Å². The lowest BCUT2D eigenvalue weighted by Gasteiger charge is -2.19. The second kappa shape index (κ2) is 10.1. The summed E-state index contributed by atoms with van der Waals surface area (Å²) in [5.41, 5.74) is 1.23. The molecule has 0 fully saturated rings. The number of aromatic nitrogens is 2. The quantitative estimate of drug-likeness (QED) is 0.347. The number of hydrogen-bond donors (Lipinski definition) is 0. The van der Waals surface area contributed by atoms with Gasteiger partial charge in [0.15, 0.2) is 0 Å². The van der Waals surface area contributed by atoms with Crippen molar-refractivity contribution in [2.75, 3.05) is 14.2 Å². The molecule has 0 N–H and O–H groups in total. The molecule has 2 aromatic heterocycles. The number of nitrogens with zero attached hydrogens (tertiary/aromatic N) is 3. The second-order valence-corrected chi connectivity index (χ2v) is 9.72. The maximum Gasteiger partial charge on any atom is 0.338 e. The van der Waals surface area contributed by atoms with E-state index in [4.69, 9.17) is 9.47 Å². The van der Waals surface area contributed by atoms with Gasteiger partial charge in [-0.3, -0.25) is 9.20 Å². The van der Waals surface area contributed by atoms with Crippen molar-refractivity contribution in [3.05, 3.63) is 106 Å². The zero-order valence-corrected chi connectivity index (χ0v) is 19.9. The molecule has 0 bridgehead atoms. The van der Waals surface area contributed by atoms with Crippen molar-refractivity contribution in [3.8, 4) is 5.75 Å². The van der Waals surface area contributed by atoms with E-state index in [9.17, 15) is 18.0 Å². The maximum atomic E-state index is 13.3. The third-order valence-electron chi connectivity index (χ3n) is 5.31. The molecule has 0 radical (unpaired) electrons. The van der Waals surface area contributed by atoms with Gasteiger partial charge in [-0.15, -0.1) is 0 Å². The molecule has 4 aromatic rings. The van der Waals surface area contributed by atoms with Gasteiger partial charge in [-0.2, -0.15) is 4.31 Å². The highest BCUT2D eigenvalue weighted by atomic mass is 32.2. The van der Waals surface area contributed by atoms with Crippen molar-refractivity contribution in [1.82, 2.24) is 13.7 Å². The molecule has 0 amide bonds. The van der Waals surface area contributed by atoms with Gasteiger partial charge in [0, 0.05) is 25.9 Å². The molecule has 0 atom stereocenters. The molecule has 180 valence electrons. The molecule has 10 heteroatoms. The Kier molecular flexibility index (Phi) is 6.94. The van der Waals surface area contributed by atoms with Crippen molar-refractivity contribution in [3.63, 3.8) is 0 Å². The Balaban J connectivity index is 1.56. The Hall–Kier alpha value is -4.02. The van der Waals surface area contributed by atoms with Gasteiger partial charge >= 0.3 is 5.97 Å². The standard InChI is InChI=1S/C25H23N3O6S/c1-27(16-18-8-4-3-5-9-18)35(31,32)22-14-19(11-12-21(22)33-2)25(30)34-17-20-15-24(29)28-13-7-6-10-23(28)26-20/h3-15H,16-17H2,1-2H3. The number of pyridine rings is 1.